The average molecular weight is 445 g/mol. The Hall–Kier alpha value is -3.28. The van der Waals surface area contributed by atoms with Gasteiger partial charge < -0.3 is 4.90 Å². The van der Waals surface area contributed by atoms with E-state index in [2.05, 4.69) is 17.0 Å². The Morgan fingerprint density at radius 2 is 1.38 bits per heavy atom. The van der Waals surface area contributed by atoms with Gasteiger partial charge in [-0.1, -0.05) is 66.2 Å². The van der Waals surface area contributed by atoms with Gasteiger partial charge in [-0.3, -0.25) is 19.3 Å². The molecule has 0 bridgehead atoms. The average Bonchev–Trinajstić information content (AvgIpc) is 2.83. The number of nitrogens with zero attached hydrogens (tertiary/aromatic N) is 2. The normalized spacial score (nSPS) is 16.0. The van der Waals surface area contributed by atoms with Crippen molar-refractivity contribution in [1.82, 2.24) is 9.80 Å². The summed E-state index contributed by atoms with van der Waals surface area (Å²) in [6.07, 6.45) is 0. The molecule has 32 heavy (non-hydrogen) atoms. The zero-order valence-electron chi connectivity index (χ0n) is 17.4. The number of benzene rings is 3. The minimum Gasteiger partial charge on any atom is -0.336 e. The van der Waals surface area contributed by atoms with Gasteiger partial charge in [0.05, 0.1) is 16.1 Å². The third-order valence-electron chi connectivity index (χ3n) is 6.17. The number of carbonyl (C=O) groups is 3. The second kappa shape index (κ2) is 8.34. The van der Waals surface area contributed by atoms with Gasteiger partial charge in [0.15, 0.2) is 11.6 Å². The van der Waals surface area contributed by atoms with Gasteiger partial charge in [-0.05, 0) is 17.7 Å². The van der Waals surface area contributed by atoms with E-state index in [1.807, 2.05) is 18.2 Å². The molecule has 1 fully saturated rings. The van der Waals surface area contributed by atoms with Crippen molar-refractivity contribution in [2.45, 2.75) is 6.54 Å². The van der Waals surface area contributed by atoms with Crippen LogP contribution in [0.1, 0.15) is 47.8 Å². The SMILES string of the molecule is O=C1c2ccccc2C(=O)c2c1ccc(C(=O)N1CCN(Cc3ccccc3)CC1)c2Cl. The van der Waals surface area contributed by atoms with Gasteiger partial charge in [0.25, 0.3) is 5.91 Å². The van der Waals surface area contributed by atoms with Crippen LogP contribution in [0.5, 0.6) is 0 Å². The molecule has 0 N–H and O–H groups in total. The highest BCUT2D eigenvalue weighted by Crippen LogP contribution is 2.34. The predicted molar refractivity (Wildman–Crippen MR) is 122 cm³/mol. The Morgan fingerprint density at radius 3 is 2.06 bits per heavy atom. The molecule has 0 atom stereocenters. The number of hydrogen-bond acceptors (Lipinski definition) is 4. The highest BCUT2D eigenvalue weighted by atomic mass is 35.5. The lowest BCUT2D eigenvalue weighted by molar-refractivity contribution is 0.0628. The van der Waals surface area contributed by atoms with Crippen molar-refractivity contribution in [3.63, 3.8) is 0 Å². The Labute approximate surface area is 191 Å². The summed E-state index contributed by atoms with van der Waals surface area (Å²) in [7, 11) is 0. The van der Waals surface area contributed by atoms with Gasteiger partial charge >= 0.3 is 0 Å². The van der Waals surface area contributed by atoms with Crippen molar-refractivity contribution in [2.75, 3.05) is 26.2 Å². The number of rotatable bonds is 3. The van der Waals surface area contributed by atoms with Crippen LogP contribution in [0.25, 0.3) is 0 Å². The topological polar surface area (TPSA) is 57.7 Å². The molecule has 5 rings (SSSR count). The fourth-order valence-electron chi connectivity index (χ4n) is 4.43. The fourth-order valence-corrected chi connectivity index (χ4v) is 4.76. The lowest BCUT2D eigenvalue weighted by Gasteiger charge is -2.35. The van der Waals surface area contributed by atoms with E-state index in [0.717, 1.165) is 19.6 Å². The maximum Gasteiger partial charge on any atom is 0.255 e. The predicted octanol–water partition coefficient (Wildman–Crippen LogP) is 4.07. The van der Waals surface area contributed by atoms with Crippen molar-refractivity contribution < 1.29 is 14.4 Å². The van der Waals surface area contributed by atoms with Crippen LogP contribution >= 0.6 is 11.6 Å². The summed E-state index contributed by atoms with van der Waals surface area (Å²) >= 11 is 6.57. The number of hydrogen-bond donors (Lipinski definition) is 0. The molecule has 160 valence electrons. The Morgan fingerprint density at radius 1 is 0.750 bits per heavy atom. The van der Waals surface area contributed by atoms with E-state index in [9.17, 15) is 14.4 Å². The van der Waals surface area contributed by atoms with Crippen LogP contribution in [0.15, 0.2) is 66.7 Å². The number of carbonyl (C=O) groups excluding carboxylic acids is 3. The van der Waals surface area contributed by atoms with Crippen LogP contribution in [-0.2, 0) is 6.54 Å². The first-order valence-corrected chi connectivity index (χ1v) is 11.0. The molecule has 1 heterocycles. The minimum atomic E-state index is -0.317. The molecule has 3 aromatic carbocycles. The van der Waals surface area contributed by atoms with Crippen molar-refractivity contribution in [1.29, 1.82) is 0 Å². The second-order valence-electron chi connectivity index (χ2n) is 8.11. The lowest BCUT2D eigenvalue weighted by Crippen LogP contribution is -2.48. The molecule has 1 saturated heterocycles. The van der Waals surface area contributed by atoms with Gasteiger partial charge in [0.1, 0.15) is 0 Å². The second-order valence-corrected chi connectivity index (χ2v) is 8.49. The summed E-state index contributed by atoms with van der Waals surface area (Å²) in [5.74, 6) is -0.774. The third-order valence-corrected chi connectivity index (χ3v) is 6.56. The minimum absolute atomic E-state index is 0.0621. The maximum absolute atomic E-state index is 13.2. The number of amides is 1. The molecule has 3 aromatic rings. The summed E-state index contributed by atoms with van der Waals surface area (Å²) < 4.78 is 0. The van der Waals surface area contributed by atoms with Gasteiger partial charge in [-0.25, -0.2) is 0 Å². The van der Waals surface area contributed by atoms with Crippen molar-refractivity contribution in [3.05, 3.63) is 105 Å². The van der Waals surface area contributed by atoms with E-state index in [1.165, 1.54) is 5.56 Å². The van der Waals surface area contributed by atoms with E-state index in [0.29, 0.717) is 24.2 Å². The zero-order chi connectivity index (χ0) is 22.2. The molecule has 2 aliphatic rings. The first kappa shape index (κ1) is 20.6. The van der Waals surface area contributed by atoms with Crippen molar-refractivity contribution in [3.8, 4) is 0 Å². The molecule has 1 aliphatic heterocycles. The Bertz CT molecular complexity index is 1230. The molecular weight excluding hydrogens is 424 g/mol. The van der Waals surface area contributed by atoms with E-state index in [4.69, 9.17) is 11.6 Å². The summed E-state index contributed by atoms with van der Waals surface area (Å²) in [6.45, 7) is 3.52. The summed E-state index contributed by atoms with van der Waals surface area (Å²) in [6, 6.07) is 20.1. The molecule has 0 aromatic heterocycles. The summed E-state index contributed by atoms with van der Waals surface area (Å²) in [5, 5.41) is 0.0621. The monoisotopic (exact) mass is 444 g/mol. The number of piperazine rings is 1. The van der Waals surface area contributed by atoms with Crippen molar-refractivity contribution in [2.24, 2.45) is 0 Å². The molecule has 0 radical (unpaired) electrons. The standard InChI is InChI=1S/C26H21ClN2O3/c27-23-21(11-10-20-22(23)25(31)19-9-5-4-8-18(19)24(20)30)26(32)29-14-12-28(13-15-29)16-17-6-2-1-3-7-17/h1-11H,12-16H2. The molecule has 5 nitrogen and oxygen atoms in total. The van der Waals surface area contributed by atoms with Gasteiger partial charge in [0.2, 0.25) is 0 Å². The fraction of sp³-hybridized carbons (Fsp3) is 0.192. The highest BCUT2D eigenvalue weighted by Gasteiger charge is 2.34. The first-order chi connectivity index (χ1) is 15.5. The van der Waals surface area contributed by atoms with Crippen LogP contribution in [0.2, 0.25) is 5.02 Å². The Balaban J connectivity index is 1.36. The van der Waals surface area contributed by atoms with Crippen molar-refractivity contribution >= 4 is 29.1 Å². The van der Waals surface area contributed by atoms with E-state index >= 15 is 0 Å². The smallest absolute Gasteiger partial charge is 0.255 e. The molecule has 0 saturated carbocycles. The van der Waals surface area contributed by atoms with Crippen LogP contribution < -0.4 is 0 Å². The number of fused-ring (bicyclic) bond motifs is 2. The van der Waals surface area contributed by atoms with Gasteiger partial charge in [-0.2, -0.15) is 0 Å². The van der Waals surface area contributed by atoms with E-state index < -0.39 is 0 Å². The lowest BCUT2D eigenvalue weighted by atomic mass is 9.83. The highest BCUT2D eigenvalue weighted by molar-refractivity contribution is 6.41. The number of halogens is 1. The largest absolute Gasteiger partial charge is 0.336 e. The van der Waals surface area contributed by atoms with Gasteiger partial charge in [0, 0.05) is 49.4 Å². The first-order valence-electron chi connectivity index (χ1n) is 10.6. The summed E-state index contributed by atoms with van der Waals surface area (Å²) in [4.78, 5) is 43.2. The molecule has 6 heteroatoms. The van der Waals surface area contributed by atoms with Crippen LogP contribution in [0, 0.1) is 0 Å². The Kier molecular flexibility index (Phi) is 5.37. The van der Waals surface area contributed by atoms with Crippen LogP contribution in [-0.4, -0.2) is 53.5 Å². The molecule has 0 unspecified atom stereocenters. The quantitative estimate of drug-likeness (QED) is 0.478. The molecule has 1 aliphatic carbocycles. The number of ketones is 2. The van der Waals surface area contributed by atoms with E-state index in [-0.39, 0.29) is 39.2 Å². The van der Waals surface area contributed by atoms with Crippen LogP contribution in [0.3, 0.4) is 0 Å². The maximum atomic E-state index is 13.2. The molecule has 0 spiro atoms. The van der Waals surface area contributed by atoms with E-state index in [1.54, 1.807) is 41.3 Å². The van der Waals surface area contributed by atoms with Gasteiger partial charge in [-0.15, -0.1) is 0 Å². The van der Waals surface area contributed by atoms with Crippen LogP contribution in [0.4, 0.5) is 0 Å². The molecule has 1 amide bonds. The summed E-state index contributed by atoms with van der Waals surface area (Å²) in [5.41, 5.74) is 2.59. The third kappa shape index (κ3) is 3.53. The zero-order valence-corrected chi connectivity index (χ0v) is 18.1. The molecular formula is C26H21ClN2O3.